The van der Waals surface area contributed by atoms with Crippen LogP contribution < -0.4 is 21.5 Å². The van der Waals surface area contributed by atoms with Gasteiger partial charge in [0, 0.05) is 26.6 Å². The van der Waals surface area contributed by atoms with E-state index in [4.69, 9.17) is 47.6 Å². The van der Waals surface area contributed by atoms with Gasteiger partial charge in [-0.3, -0.25) is 45.5 Å². The highest BCUT2D eigenvalue weighted by molar-refractivity contribution is 7.80. The first kappa shape index (κ1) is 38.6. The molecule has 1 saturated heterocycles. The van der Waals surface area contributed by atoms with Gasteiger partial charge in [0.1, 0.15) is 0 Å². The summed E-state index contributed by atoms with van der Waals surface area (Å²) in [6.07, 6.45) is 6.71. The van der Waals surface area contributed by atoms with Crippen molar-refractivity contribution in [1.29, 1.82) is 0 Å². The van der Waals surface area contributed by atoms with E-state index in [1.807, 2.05) is 6.92 Å². The van der Waals surface area contributed by atoms with Gasteiger partial charge in [-0.25, -0.2) is 4.90 Å². The quantitative estimate of drug-likeness (QED) is 0.115. The van der Waals surface area contributed by atoms with Crippen molar-refractivity contribution in [3.8, 4) is 0 Å². The maximum atomic E-state index is 14.6. The molecule has 6 aliphatic rings. The van der Waals surface area contributed by atoms with Crippen LogP contribution in [0.1, 0.15) is 86.9 Å². The molecule has 0 radical (unpaired) electrons. The normalized spacial score (nSPS) is 32.2. The van der Waals surface area contributed by atoms with Gasteiger partial charge in [0.05, 0.1) is 17.3 Å². The van der Waals surface area contributed by atoms with Crippen LogP contribution in [-0.4, -0.2) is 44.7 Å². The Morgan fingerprint density at radius 2 is 1.41 bits per heavy atom. The molecule has 8 rings (SSSR count). The molecule has 14 heteroatoms. The van der Waals surface area contributed by atoms with Crippen LogP contribution in [0.2, 0.25) is 10.0 Å². The second-order valence-electron chi connectivity index (χ2n) is 16.3. The van der Waals surface area contributed by atoms with Crippen LogP contribution in [0.25, 0.3) is 0 Å². The number of hydrazine groups is 1. The van der Waals surface area contributed by atoms with Crippen molar-refractivity contribution in [3.05, 3.63) is 81.4 Å². The van der Waals surface area contributed by atoms with E-state index in [1.165, 1.54) is 5.57 Å². The van der Waals surface area contributed by atoms with E-state index in [0.29, 0.717) is 40.4 Å². The Hall–Kier alpha value is -3.71. The molecular weight excluding hydrogens is 766 g/mol. The van der Waals surface area contributed by atoms with Crippen LogP contribution in [-0.2, 0) is 14.4 Å². The highest BCUT2D eigenvalue weighted by atomic mass is 35.5. The van der Waals surface area contributed by atoms with E-state index in [-0.39, 0.29) is 57.0 Å². The molecule has 2 bridgehead atoms. The molecule has 3 saturated carbocycles. The summed E-state index contributed by atoms with van der Waals surface area (Å²) >= 11 is 22.9. The van der Waals surface area contributed by atoms with Crippen LogP contribution in [0.5, 0.6) is 0 Å². The third kappa shape index (κ3) is 6.17. The van der Waals surface area contributed by atoms with Crippen molar-refractivity contribution in [1.82, 2.24) is 26.4 Å². The van der Waals surface area contributed by atoms with Gasteiger partial charge >= 0.3 is 0 Å². The van der Waals surface area contributed by atoms with Crippen molar-refractivity contribution >= 4 is 87.4 Å². The highest BCUT2D eigenvalue weighted by Crippen LogP contribution is 2.74. The number of rotatable bonds is 4. The van der Waals surface area contributed by atoms with Gasteiger partial charge in [-0.2, -0.15) is 0 Å². The van der Waals surface area contributed by atoms with Gasteiger partial charge < -0.3 is 0 Å². The van der Waals surface area contributed by atoms with Crippen LogP contribution in [0, 0.1) is 51.8 Å². The molecule has 5 aliphatic carbocycles. The summed E-state index contributed by atoms with van der Waals surface area (Å²) in [4.78, 5) is 69.9. The summed E-state index contributed by atoms with van der Waals surface area (Å²) in [6.45, 7) is 8.54. The van der Waals surface area contributed by atoms with Crippen LogP contribution in [0.4, 0.5) is 0 Å². The Kier molecular flexibility index (Phi) is 10.1. The fraction of sp³-hybridized carbons (Fsp3) is 0.475. The molecule has 8 atom stereocenters. The number of halogens is 2. The number of nitrogens with zero attached hydrogens (tertiary/aromatic N) is 1. The monoisotopic (exact) mass is 807 g/mol. The number of hydrogen-bond acceptors (Lipinski definition) is 7. The third-order valence-electron chi connectivity index (χ3n) is 13.3. The molecule has 1 aliphatic heterocycles. The Morgan fingerprint density at radius 1 is 0.815 bits per heavy atom. The van der Waals surface area contributed by atoms with Crippen molar-refractivity contribution in [2.75, 3.05) is 0 Å². The Morgan fingerprint density at radius 3 is 2.00 bits per heavy atom. The van der Waals surface area contributed by atoms with E-state index >= 15 is 0 Å². The second-order valence-corrected chi connectivity index (χ2v) is 18.0. The zero-order valence-corrected chi connectivity index (χ0v) is 33.6. The Balaban J connectivity index is 1.12. The predicted octanol–water partition coefficient (Wildman–Crippen LogP) is 6.77. The van der Waals surface area contributed by atoms with E-state index in [9.17, 15) is 24.0 Å². The van der Waals surface area contributed by atoms with Crippen molar-refractivity contribution in [2.45, 2.75) is 66.2 Å². The third-order valence-corrected chi connectivity index (χ3v) is 14.3. The van der Waals surface area contributed by atoms with Crippen LogP contribution in [0.15, 0.2) is 60.2 Å². The largest absolute Gasteiger partial charge is 0.298 e. The summed E-state index contributed by atoms with van der Waals surface area (Å²) in [5.41, 5.74) is 5.70. The molecule has 4 fully saturated rings. The summed E-state index contributed by atoms with van der Waals surface area (Å²) in [5.74, 6) is -3.08. The fourth-order valence-corrected chi connectivity index (χ4v) is 11.7. The lowest BCUT2D eigenvalue weighted by Crippen LogP contribution is -2.66. The summed E-state index contributed by atoms with van der Waals surface area (Å²) in [7, 11) is 0. The zero-order valence-electron chi connectivity index (χ0n) is 30.5. The first-order valence-corrected chi connectivity index (χ1v) is 20.0. The molecule has 1 heterocycles. The highest BCUT2D eigenvalue weighted by Gasteiger charge is 2.73. The minimum Gasteiger partial charge on any atom is -0.298 e. The van der Waals surface area contributed by atoms with Gasteiger partial charge in [-0.15, -0.1) is 0 Å². The number of carbonyl (C=O) groups is 5. The zero-order chi connectivity index (χ0) is 38.9. The standard InChI is InChI=1S/C40H43Cl2N5O5S2/c1-20(2)26-19-40-17-14-27-38(3,15-5-16-39(27,4)35(52)45-46-36(53)43-31(48)21-6-10-23(41)11-7-21)28(40)18-25(26)29-30(40)34(51)47(33(29)50)37(54)44-32(49)22-8-12-24(42)13-9-22/h6-13,19-20,25,27-30H,5,14-18H2,1-4H3,(H,45,52)(H,44,49,54)(H2,43,46,48,53)/t25?,27?,28?,29?,30?,38-,39+,40?/m0/s1. The molecule has 2 aromatic rings. The molecule has 2 aromatic carbocycles. The SMILES string of the molecule is CC(C)C1=CC23CCC4[C@](C)(CCC[C@@]4(C)C(=O)NNC(=S)NC(=O)c4ccc(Cl)cc4)C2CC1C1C(=O)N(C(=S)NC(=O)c2ccc(Cl)cc2)C(=O)C13. The van der Waals surface area contributed by atoms with Crippen molar-refractivity contribution in [3.63, 3.8) is 0 Å². The number of allylic oxidation sites excluding steroid dienone is 2. The van der Waals surface area contributed by atoms with E-state index < -0.39 is 34.5 Å². The molecular formula is C40H43Cl2N5O5S2. The lowest BCUT2D eigenvalue weighted by molar-refractivity contribution is -0.187. The number of imide groups is 1. The smallest absolute Gasteiger partial charge is 0.257 e. The molecule has 5 amide bonds. The van der Waals surface area contributed by atoms with Crippen LogP contribution in [0.3, 0.4) is 0 Å². The average molecular weight is 809 g/mol. The van der Waals surface area contributed by atoms with Gasteiger partial charge in [0.15, 0.2) is 10.2 Å². The first-order valence-electron chi connectivity index (χ1n) is 18.4. The van der Waals surface area contributed by atoms with Gasteiger partial charge in [-0.05, 0) is 134 Å². The summed E-state index contributed by atoms with van der Waals surface area (Å²) in [5, 5.41) is 5.95. The number of nitrogens with one attached hydrogen (secondary N) is 4. The van der Waals surface area contributed by atoms with Crippen molar-refractivity contribution in [2.24, 2.45) is 51.8 Å². The number of fused-ring (bicyclic) bond motifs is 1. The number of likely N-dealkylation sites (tertiary alicyclic amines) is 1. The summed E-state index contributed by atoms with van der Waals surface area (Å²) in [6, 6.07) is 12.7. The number of thiocarbonyl (C=S) groups is 2. The molecule has 0 aromatic heterocycles. The molecule has 54 heavy (non-hydrogen) atoms. The minimum atomic E-state index is -0.771. The maximum Gasteiger partial charge on any atom is 0.257 e. The predicted molar refractivity (Wildman–Crippen MR) is 213 cm³/mol. The molecule has 1 spiro atoms. The van der Waals surface area contributed by atoms with Gasteiger partial charge in [-0.1, -0.05) is 69.0 Å². The topological polar surface area (TPSA) is 137 Å². The van der Waals surface area contributed by atoms with E-state index in [2.05, 4.69) is 48.3 Å². The first-order chi connectivity index (χ1) is 25.5. The number of amides is 5. The minimum absolute atomic E-state index is 0.0230. The van der Waals surface area contributed by atoms with Crippen LogP contribution >= 0.6 is 47.6 Å². The number of carbonyl (C=O) groups excluding carboxylic acids is 5. The molecule has 10 nitrogen and oxygen atoms in total. The van der Waals surface area contributed by atoms with Gasteiger partial charge in [0.2, 0.25) is 17.7 Å². The maximum absolute atomic E-state index is 14.6. The molecule has 6 unspecified atom stereocenters. The van der Waals surface area contributed by atoms with Gasteiger partial charge in [0.25, 0.3) is 11.8 Å². The molecule has 284 valence electrons. The number of benzene rings is 2. The average Bonchev–Trinajstić information content (AvgIpc) is 3.41. The second kappa shape index (κ2) is 14.1. The van der Waals surface area contributed by atoms with E-state index in [0.717, 1.165) is 24.2 Å². The number of hydrogen-bond donors (Lipinski definition) is 4. The Bertz CT molecular complexity index is 2010. The van der Waals surface area contributed by atoms with Crippen molar-refractivity contribution < 1.29 is 24.0 Å². The summed E-state index contributed by atoms with van der Waals surface area (Å²) < 4.78 is 0. The van der Waals surface area contributed by atoms with E-state index in [1.54, 1.807) is 48.5 Å². The Labute approximate surface area is 335 Å². The fourth-order valence-electron chi connectivity index (χ4n) is 11.1. The lowest BCUT2D eigenvalue weighted by atomic mass is 9.34. The molecule has 4 N–H and O–H groups in total. The lowest BCUT2D eigenvalue weighted by Gasteiger charge is -2.68.